The fourth-order valence-corrected chi connectivity index (χ4v) is 1.19. The van der Waals surface area contributed by atoms with Crippen LogP contribution in [0.2, 0.25) is 0 Å². The molecule has 1 aromatic heterocycles. The Kier molecular flexibility index (Phi) is 4.08. The van der Waals surface area contributed by atoms with Crippen LogP contribution < -0.4 is 34.7 Å². The molecule has 0 aliphatic carbocycles. The second-order valence-electron chi connectivity index (χ2n) is 2.73. The third-order valence-electron chi connectivity index (χ3n) is 1.84. The van der Waals surface area contributed by atoms with Gasteiger partial charge in [0, 0.05) is 5.56 Å². The summed E-state index contributed by atoms with van der Waals surface area (Å²) >= 11 is 0. The van der Waals surface area contributed by atoms with Gasteiger partial charge < -0.3 is 14.4 Å². The first-order chi connectivity index (χ1) is 6.79. The smallest absolute Gasteiger partial charge is 0.545 e. The van der Waals surface area contributed by atoms with E-state index >= 15 is 0 Å². The molecular weight excluding hydrogens is 205 g/mol. The molecule has 0 atom stereocenters. The van der Waals surface area contributed by atoms with Crippen molar-refractivity contribution >= 4 is 5.97 Å². The molecule has 70 valence electrons. The van der Waals surface area contributed by atoms with E-state index < -0.39 is 5.97 Å². The van der Waals surface area contributed by atoms with Crippen LogP contribution >= 0.6 is 0 Å². The number of carboxylic acid groups (broad SMARTS) is 1. The minimum absolute atomic E-state index is 0. The van der Waals surface area contributed by atoms with Gasteiger partial charge in [-0.05, 0) is 0 Å². The van der Waals surface area contributed by atoms with E-state index in [9.17, 15) is 9.90 Å². The maximum Gasteiger partial charge on any atom is 1.00 e. The van der Waals surface area contributed by atoms with Gasteiger partial charge in [-0.2, -0.15) is 0 Å². The Morgan fingerprint density at radius 1 is 1.27 bits per heavy atom. The summed E-state index contributed by atoms with van der Waals surface area (Å²) in [7, 11) is 0. The number of benzene rings is 1. The van der Waals surface area contributed by atoms with Gasteiger partial charge in [0.1, 0.15) is 12.0 Å². The number of nitrogens with zero attached hydrogens (tertiary/aromatic N) is 1. The van der Waals surface area contributed by atoms with Crippen LogP contribution in [0.5, 0.6) is 0 Å². The molecule has 0 aliphatic rings. The predicted molar refractivity (Wildman–Crippen MR) is 46.3 cm³/mol. The van der Waals surface area contributed by atoms with E-state index in [1.54, 1.807) is 24.3 Å². The standard InChI is InChI=1S/C10H7NO3.Na/c12-10(13)8-6-14-11-9(8)7-4-2-1-3-5-7;/h1-6H,(H,12,13);/q;+1/p-1. The van der Waals surface area contributed by atoms with Crippen molar-refractivity contribution in [1.82, 2.24) is 5.16 Å². The summed E-state index contributed by atoms with van der Waals surface area (Å²) in [6.45, 7) is 0. The number of carbonyl (C=O) groups is 1. The Hall–Kier alpha value is -1.10. The van der Waals surface area contributed by atoms with E-state index in [0.717, 1.165) is 6.26 Å². The molecule has 4 nitrogen and oxygen atoms in total. The van der Waals surface area contributed by atoms with Crippen LogP contribution in [0.15, 0.2) is 41.1 Å². The molecule has 0 radical (unpaired) electrons. The predicted octanol–water partition coefficient (Wildman–Crippen LogP) is -2.29. The second-order valence-corrected chi connectivity index (χ2v) is 2.73. The fourth-order valence-electron chi connectivity index (χ4n) is 1.19. The Bertz CT molecular complexity index is 453. The van der Waals surface area contributed by atoms with E-state index in [2.05, 4.69) is 9.68 Å². The molecule has 15 heavy (non-hydrogen) atoms. The molecule has 0 fully saturated rings. The van der Waals surface area contributed by atoms with Crippen LogP contribution in [0.3, 0.4) is 0 Å². The Morgan fingerprint density at radius 3 is 2.53 bits per heavy atom. The van der Waals surface area contributed by atoms with Crippen LogP contribution in [-0.4, -0.2) is 11.1 Å². The summed E-state index contributed by atoms with van der Waals surface area (Å²) in [5.74, 6) is -1.29. The molecule has 5 heteroatoms. The largest absolute Gasteiger partial charge is 1.00 e. The van der Waals surface area contributed by atoms with Crippen molar-refractivity contribution in [2.24, 2.45) is 0 Å². The number of carboxylic acids is 1. The van der Waals surface area contributed by atoms with Gasteiger partial charge >= 0.3 is 29.6 Å². The van der Waals surface area contributed by atoms with Crippen LogP contribution in [0.1, 0.15) is 10.4 Å². The maximum absolute atomic E-state index is 10.6. The zero-order valence-corrected chi connectivity index (χ0v) is 10.1. The van der Waals surface area contributed by atoms with E-state index in [4.69, 9.17) is 0 Å². The summed E-state index contributed by atoms with van der Waals surface area (Å²) < 4.78 is 4.59. The monoisotopic (exact) mass is 211 g/mol. The third kappa shape index (κ3) is 2.47. The van der Waals surface area contributed by atoms with Gasteiger partial charge in [-0.1, -0.05) is 35.5 Å². The molecule has 0 saturated carbocycles. The van der Waals surface area contributed by atoms with E-state index in [1.165, 1.54) is 0 Å². The first-order valence-corrected chi connectivity index (χ1v) is 4.00. The van der Waals surface area contributed by atoms with Crippen molar-refractivity contribution in [3.63, 3.8) is 0 Å². The molecule has 1 heterocycles. The van der Waals surface area contributed by atoms with Crippen LogP contribution in [0.25, 0.3) is 11.3 Å². The number of hydrogen-bond donors (Lipinski definition) is 0. The Morgan fingerprint density at radius 2 is 1.93 bits per heavy atom. The van der Waals surface area contributed by atoms with E-state index in [1.807, 2.05) is 6.07 Å². The number of rotatable bonds is 2. The van der Waals surface area contributed by atoms with Crippen molar-refractivity contribution in [2.75, 3.05) is 0 Å². The van der Waals surface area contributed by atoms with E-state index in [-0.39, 0.29) is 35.1 Å². The Balaban J connectivity index is 0.00000112. The molecule has 1 aromatic carbocycles. The van der Waals surface area contributed by atoms with Crippen molar-refractivity contribution < 1.29 is 44.0 Å². The summed E-state index contributed by atoms with van der Waals surface area (Å²) in [4.78, 5) is 10.6. The summed E-state index contributed by atoms with van der Waals surface area (Å²) in [5, 5.41) is 14.3. The van der Waals surface area contributed by atoms with E-state index in [0.29, 0.717) is 11.3 Å². The molecule has 2 aromatic rings. The first-order valence-electron chi connectivity index (χ1n) is 4.00. The number of hydrogen-bond acceptors (Lipinski definition) is 4. The van der Waals surface area contributed by atoms with Gasteiger partial charge in [0.15, 0.2) is 0 Å². The molecule has 0 unspecified atom stereocenters. The quantitative estimate of drug-likeness (QED) is 0.524. The molecule has 0 spiro atoms. The summed E-state index contributed by atoms with van der Waals surface area (Å²) in [5.41, 5.74) is 0.960. The van der Waals surface area contributed by atoms with Gasteiger partial charge in [-0.25, -0.2) is 0 Å². The normalized spacial score (nSPS) is 9.33. The molecule has 0 saturated heterocycles. The zero-order chi connectivity index (χ0) is 9.97. The summed E-state index contributed by atoms with van der Waals surface area (Å²) in [6.07, 6.45) is 1.07. The van der Waals surface area contributed by atoms with Crippen molar-refractivity contribution in [3.05, 3.63) is 42.2 Å². The minimum Gasteiger partial charge on any atom is -0.545 e. The topological polar surface area (TPSA) is 66.2 Å². The zero-order valence-electron chi connectivity index (χ0n) is 8.14. The SMILES string of the molecule is O=C([O-])c1conc1-c1ccccc1.[Na+]. The first kappa shape index (κ1) is 12.0. The van der Waals surface area contributed by atoms with Gasteiger partial charge in [-0.3, -0.25) is 0 Å². The molecule has 0 aliphatic heterocycles. The minimum atomic E-state index is -1.29. The third-order valence-corrected chi connectivity index (χ3v) is 1.84. The van der Waals surface area contributed by atoms with Crippen LogP contribution in [0, 0.1) is 0 Å². The number of aromatic carboxylic acids is 1. The molecule has 0 amide bonds. The maximum atomic E-state index is 10.6. The number of carbonyl (C=O) groups excluding carboxylic acids is 1. The van der Waals surface area contributed by atoms with Crippen molar-refractivity contribution in [3.8, 4) is 11.3 Å². The van der Waals surface area contributed by atoms with Crippen LogP contribution in [0.4, 0.5) is 0 Å². The fraction of sp³-hybridized carbons (Fsp3) is 0. The molecule has 0 bridgehead atoms. The summed E-state index contributed by atoms with van der Waals surface area (Å²) in [6, 6.07) is 8.93. The average molecular weight is 211 g/mol. The van der Waals surface area contributed by atoms with Crippen molar-refractivity contribution in [1.29, 1.82) is 0 Å². The second kappa shape index (κ2) is 5.11. The van der Waals surface area contributed by atoms with Crippen molar-refractivity contribution in [2.45, 2.75) is 0 Å². The molecule has 0 N–H and O–H groups in total. The average Bonchev–Trinajstić information content (AvgIpc) is 2.67. The number of aromatic nitrogens is 1. The molecule has 2 rings (SSSR count). The van der Waals surface area contributed by atoms with Gasteiger partial charge in [0.2, 0.25) is 0 Å². The van der Waals surface area contributed by atoms with Gasteiger partial charge in [-0.15, -0.1) is 0 Å². The Labute approximate surface area is 108 Å². The molecular formula is C10H6NNaO3. The van der Waals surface area contributed by atoms with Gasteiger partial charge in [0.05, 0.1) is 11.5 Å². The van der Waals surface area contributed by atoms with Gasteiger partial charge in [0.25, 0.3) is 0 Å². The van der Waals surface area contributed by atoms with Crippen LogP contribution in [-0.2, 0) is 0 Å².